The van der Waals surface area contributed by atoms with Crippen LogP contribution in [0.4, 0.5) is 0 Å². The Bertz CT molecular complexity index is 1120. The number of benzene rings is 3. The predicted octanol–water partition coefficient (Wildman–Crippen LogP) is 6.33. The van der Waals surface area contributed by atoms with Gasteiger partial charge in [0.15, 0.2) is 0 Å². The van der Waals surface area contributed by atoms with E-state index in [-0.39, 0.29) is 5.57 Å². The summed E-state index contributed by atoms with van der Waals surface area (Å²) in [5.74, 6) is -0.958. The van der Waals surface area contributed by atoms with Crippen LogP contribution >= 0.6 is 22.9 Å². The minimum atomic E-state index is -0.958. The Morgan fingerprint density at radius 3 is 2.40 bits per heavy atom. The fourth-order valence-electron chi connectivity index (χ4n) is 2.94. The lowest BCUT2D eigenvalue weighted by Gasteiger charge is -2.04. The molecule has 0 radical (unpaired) electrons. The molecule has 4 aromatic rings. The summed E-state index contributed by atoms with van der Waals surface area (Å²) in [6, 6.07) is 21.1. The van der Waals surface area contributed by atoms with Crippen LogP contribution in [-0.4, -0.2) is 11.1 Å². The van der Waals surface area contributed by atoms with Gasteiger partial charge >= 0.3 is 5.97 Å². The van der Waals surface area contributed by atoms with E-state index in [1.165, 1.54) is 10.1 Å². The van der Waals surface area contributed by atoms with Gasteiger partial charge in [-0.25, -0.2) is 4.79 Å². The van der Waals surface area contributed by atoms with Crippen LogP contribution in [0.3, 0.4) is 0 Å². The Labute approximate surface area is 153 Å². The van der Waals surface area contributed by atoms with E-state index in [0.29, 0.717) is 10.6 Å². The molecule has 122 valence electrons. The molecule has 1 N–H and O–H groups in total. The second-order valence-electron chi connectivity index (χ2n) is 5.69. The third kappa shape index (κ3) is 2.93. The van der Waals surface area contributed by atoms with Crippen LogP contribution in [-0.2, 0) is 4.79 Å². The Balaban J connectivity index is 1.94. The number of hydrogen-bond donors (Lipinski definition) is 1. The Hall–Kier alpha value is -2.62. The predicted molar refractivity (Wildman–Crippen MR) is 106 cm³/mol. The maximum atomic E-state index is 11.8. The van der Waals surface area contributed by atoms with Crippen molar-refractivity contribution in [3.63, 3.8) is 0 Å². The van der Waals surface area contributed by atoms with Gasteiger partial charge in [-0.1, -0.05) is 60.1 Å². The minimum Gasteiger partial charge on any atom is -0.478 e. The van der Waals surface area contributed by atoms with Crippen molar-refractivity contribution in [2.45, 2.75) is 0 Å². The molecular weight excluding hydrogens is 352 g/mol. The Morgan fingerprint density at radius 1 is 0.920 bits per heavy atom. The SMILES string of the molecule is O=C(O)/C(=C\c1cccc2c1sc1ccccc12)c1ccc(Cl)cc1. The van der Waals surface area contributed by atoms with Crippen molar-refractivity contribution in [2.24, 2.45) is 0 Å². The molecule has 4 rings (SSSR count). The average molecular weight is 365 g/mol. The van der Waals surface area contributed by atoms with E-state index in [9.17, 15) is 9.90 Å². The summed E-state index contributed by atoms with van der Waals surface area (Å²) >= 11 is 7.60. The largest absolute Gasteiger partial charge is 0.478 e. The van der Waals surface area contributed by atoms with Crippen molar-refractivity contribution in [1.82, 2.24) is 0 Å². The van der Waals surface area contributed by atoms with Gasteiger partial charge in [-0.15, -0.1) is 11.3 Å². The van der Waals surface area contributed by atoms with E-state index in [4.69, 9.17) is 11.6 Å². The quantitative estimate of drug-likeness (QED) is 0.340. The molecular formula is C21H13ClO2S. The van der Waals surface area contributed by atoms with Gasteiger partial charge in [-0.3, -0.25) is 0 Å². The lowest BCUT2D eigenvalue weighted by atomic mass is 10.0. The Kier molecular flexibility index (Phi) is 4.04. The summed E-state index contributed by atoms with van der Waals surface area (Å²) in [6.45, 7) is 0. The van der Waals surface area contributed by atoms with Crippen LogP contribution < -0.4 is 0 Å². The van der Waals surface area contributed by atoms with E-state index in [2.05, 4.69) is 18.2 Å². The smallest absolute Gasteiger partial charge is 0.336 e. The molecule has 1 heterocycles. The van der Waals surface area contributed by atoms with Gasteiger partial charge in [0.25, 0.3) is 0 Å². The van der Waals surface area contributed by atoms with Crippen molar-refractivity contribution < 1.29 is 9.90 Å². The molecule has 3 aromatic carbocycles. The molecule has 0 spiro atoms. The second kappa shape index (κ2) is 6.36. The van der Waals surface area contributed by atoms with Gasteiger partial charge in [0.05, 0.1) is 5.57 Å². The molecule has 0 bridgehead atoms. The number of halogens is 1. The first-order chi connectivity index (χ1) is 12.1. The fraction of sp³-hybridized carbons (Fsp3) is 0. The van der Waals surface area contributed by atoms with E-state index < -0.39 is 5.97 Å². The zero-order chi connectivity index (χ0) is 17.4. The van der Waals surface area contributed by atoms with Gasteiger partial charge < -0.3 is 5.11 Å². The van der Waals surface area contributed by atoms with Crippen molar-refractivity contribution in [3.8, 4) is 0 Å². The highest BCUT2D eigenvalue weighted by Crippen LogP contribution is 2.37. The summed E-state index contributed by atoms with van der Waals surface area (Å²) in [6.07, 6.45) is 1.74. The molecule has 25 heavy (non-hydrogen) atoms. The first-order valence-electron chi connectivity index (χ1n) is 7.75. The highest BCUT2D eigenvalue weighted by molar-refractivity contribution is 7.26. The van der Waals surface area contributed by atoms with Crippen LogP contribution in [0.5, 0.6) is 0 Å². The molecule has 0 amide bonds. The van der Waals surface area contributed by atoms with Crippen molar-refractivity contribution in [1.29, 1.82) is 0 Å². The molecule has 0 unspecified atom stereocenters. The topological polar surface area (TPSA) is 37.3 Å². The number of carboxylic acids is 1. The van der Waals surface area contributed by atoms with Crippen LogP contribution in [0.2, 0.25) is 5.02 Å². The van der Waals surface area contributed by atoms with Gasteiger partial charge in [-0.05, 0) is 35.4 Å². The minimum absolute atomic E-state index is 0.252. The Morgan fingerprint density at radius 2 is 1.64 bits per heavy atom. The van der Waals surface area contributed by atoms with Crippen molar-refractivity contribution in [2.75, 3.05) is 0 Å². The number of carboxylic acid groups (broad SMARTS) is 1. The normalized spacial score (nSPS) is 12.0. The van der Waals surface area contributed by atoms with Gasteiger partial charge in [-0.2, -0.15) is 0 Å². The molecule has 4 heteroatoms. The molecule has 0 aliphatic rings. The second-order valence-corrected chi connectivity index (χ2v) is 7.18. The third-order valence-corrected chi connectivity index (χ3v) is 5.61. The van der Waals surface area contributed by atoms with Crippen molar-refractivity contribution in [3.05, 3.63) is 82.9 Å². The van der Waals surface area contributed by atoms with Crippen LogP contribution in [0.15, 0.2) is 66.7 Å². The molecule has 0 fully saturated rings. The van der Waals surface area contributed by atoms with Gasteiger partial charge in [0.2, 0.25) is 0 Å². The molecule has 0 atom stereocenters. The number of hydrogen-bond acceptors (Lipinski definition) is 2. The number of rotatable bonds is 3. The molecule has 2 nitrogen and oxygen atoms in total. The summed E-state index contributed by atoms with van der Waals surface area (Å²) in [5, 5.41) is 12.6. The highest BCUT2D eigenvalue weighted by Gasteiger charge is 2.13. The molecule has 0 aliphatic carbocycles. The zero-order valence-electron chi connectivity index (χ0n) is 13.1. The standard InChI is InChI=1S/C21H13ClO2S/c22-15-10-8-13(9-11-15)18(21(23)24)12-14-4-3-6-17-16-5-1-2-7-19(16)25-20(14)17/h1-12H,(H,23,24)/b18-12-. The average Bonchev–Trinajstić information content (AvgIpc) is 3.00. The van der Waals surface area contributed by atoms with E-state index in [1.54, 1.807) is 41.7 Å². The summed E-state index contributed by atoms with van der Waals surface area (Å²) in [4.78, 5) is 11.8. The highest BCUT2D eigenvalue weighted by atomic mass is 35.5. The van der Waals surface area contributed by atoms with Gasteiger partial charge in [0.1, 0.15) is 0 Å². The monoisotopic (exact) mass is 364 g/mol. The zero-order valence-corrected chi connectivity index (χ0v) is 14.6. The van der Waals surface area contributed by atoms with E-state index in [0.717, 1.165) is 15.6 Å². The summed E-state index contributed by atoms with van der Waals surface area (Å²) in [7, 11) is 0. The van der Waals surface area contributed by atoms with Crippen LogP contribution in [0, 0.1) is 0 Å². The third-order valence-electron chi connectivity index (χ3n) is 4.12. The van der Waals surface area contributed by atoms with Crippen LogP contribution in [0.1, 0.15) is 11.1 Å². The number of thiophene rings is 1. The maximum absolute atomic E-state index is 11.8. The molecule has 1 aromatic heterocycles. The first kappa shape index (κ1) is 15.9. The number of carbonyl (C=O) groups is 1. The molecule has 0 saturated carbocycles. The lowest BCUT2D eigenvalue weighted by molar-refractivity contribution is -0.130. The lowest BCUT2D eigenvalue weighted by Crippen LogP contribution is -1.99. The molecule has 0 saturated heterocycles. The summed E-state index contributed by atoms with van der Waals surface area (Å²) in [5.41, 5.74) is 1.79. The molecule has 0 aliphatic heterocycles. The number of fused-ring (bicyclic) bond motifs is 3. The first-order valence-corrected chi connectivity index (χ1v) is 8.94. The number of aliphatic carboxylic acids is 1. The fourth-order valence-corrected chi connectivity index (χ4v) is 4.25. The maximum Gasteiger partial charge on any atom is 0.336 e. The van der Waals surface area contributed by atoms with E-state index in [1.807, 2.05) is 24.3 Å². The van der Waals surface area contributed by atoms with Crippen LogP contribution in [0.25, 0.3) is 31.8 Å². The van der Waals surface area contributed by atoms with Crippen molar-refractivity contribution >= 4 is 60.7 Å². The van der Waals surface area contributed by atoms with Gasteiger partial charge in [0, 0.05) is 25.2 Å². The van der Waals surface area contributed by atoms with E-state index >= 15 is 0 Å². The summed E-state index contributed by atoms with van der Waals surface area (Å²) < 4.78 is 2.29.